The van der Waals surface area contributed by atoms with Crippen molar-refractivity contribution in [3.63, 3.8) is 0 Å². The molecular weight excluding hydrogens is 154 g/mol. The molecule has 1 N–H and O–H groups in total. The maximum Gasteiger partial charge on any atom is 0.413 e. The molecule has 0 amide bonds. The Morgan fingerprint density at radius 3 is 2.30 bits per heavy atom. The van der Waals surface area contributed by atoms with E-state index in [9.17, 15) is 17.6 Å². The molecule has 0 aromatic rings. The van der Waals surface area contributed by atoms with E-state index in [1.807, 2.05) is 0 Å². The molecule has 0 rings (SSSR count). The number of hydroxylamine groups is 1. The van der Waals surface area contributed by atoms with Crippen LogP contribution >= 0.6 is 0 Å². The van der Waals surface area contributed by atoms with E-state index < -0.39 is 19.5 Å². The molecule has 0 bridgehead atoms. The summed E-state index contributed by atoms with van der Waals surface area (Å²) in [7, 11) is 0. The summed E-state index contributed by atoms with van der Waals surface area (Å²) >= 11 is 0. The lowest BCUT2D eigenvalue weighted by Gasteiger charge is -2.06. The lowest BCUT2D eigenvalue weighted by atomic mass is 10.7. The lowest BCUT2D eigenvalue weighted by Crippen LogP contribution is -2.25. The van der Waals surface area contributed by atoms with Gasteiger partial charge in [0.05, 0.1) is 0 Å². The van der Waals surface area contributed by atoms with Crippen molar-refractivity contribution in [1.82, 2.24) is 5.48 Å². The summed E-state index contributed by atoms with van der Waals surface area (Å²) in [6.07, 6.45) is -4.36. The van der Waals surface area contributed by atoms with Crippen LogP contribution in [0.2, 0.25) is 0 Å². The number of nitrogens with one attached hydrogen (secondary N) is 1. The first-order valence-corrected chi connectivity index (χ1v) is 2.53. The summed E-state index contributed by atoms with van der Waals surface area (Å²) in [4.78, 5) is 3.82. The average Bonchev–Trinajstić information content (AvgIpc) is 1.78. The van der Waals surface area contributed by atoms with E-state index in [4.69, 9.17) is 0 Å². The van der Waals surface area contributed by atoms with Crippen LogP contribution in [-0.4, -0.2) is 26.0 Å². The van der Waals surface area contributed by atoms with Crippen molar-refractivity contribution < 1.29 is 22.4 Å². The Morgan fingerprint density at radius 2 is 1.90 bits per heavy atom. The smallest absolute Gasteiger partial charge is 0.292 e. The van der Waals surface area contributed by atoms with Crippen molar-refractivity contribution in [1.29, 1.82) is 0 Å². The summed E-state index contributed by atoms with van der Waals surface area (Å²) in [5.41, 5.74) is 1.80. The quantitative estimate of drug-likeness (QED) is 0.378. The zero-order chi connectivity index (χ0) is 8.04. The highest BCUT2D eigenvalue weighted by Gasteiger charge is 2.27. The molecule has 62 valence electrons. The molecule has 0 spiro atoms. The molecule has 0 aliphatic rings. The Kier molecular flexibility index (Phi) is 4.29. The number of alkyl halides is 4. The van der Waals surface area contributed by atoms with Gasteiger partial charge in [0.1, 0.15) is 6.67 Å². The van der Waals surface area contributed by atoms with Crippen LogP contribution < -0.4 is 5.48 Å². The van der Waals surface area contributed by atoms with E-state index in [2.05, 4.69) is 4.84 Å². The number of hydrogen-bond acceptors (Lipinski definition) is 2. The van der Waals surface area contributed by atoms with Gasteiger partial charge in [-0.25, -0.2) is 4.39 Å². The molecular formula is C4H7F4NO. The van der Waals surface area contributed by atoms with Gasteiger partial charge >= 0.3 is 6.18 Å². The minimum absolute atomic E-state index is 0.226. The topological polar surface area (TPSA) is 21.3 Å². The fourth-order valence-corrected chi connectivity index (χ4v) is 0.244. The van der Waals surface area contributed by atoms with Gasteiger partial charge in [0, 0.05) is 6.54 Å². The Hall–Kier alpha value is -0.360. The molecule has 0 heterocycles. The second kappa shape index (κ2) is 4.45. The Labute approximate surface area is 55.1 Å². The molecule has 0 saturated carbocycles. The second-order valence-corrected chi connectivity index (χ2v) is 1.49. The zero-order valence-electron chi connectivity index (χ0n) is 5.04. The maximum atomic E-state index is 11.2. The van der Waals surface area contributed by atoms with Crippen molar-refractivity contribution in [3.8, 4) is 0 Å². The van der Waals surface area contributed by atoms with E-state index in [1.165, 1.54) is 0 Å². The van der Waals surface area contributed by atoms with Gasteiger partial charge in [0.25, 0.3) is 0 Å². The van der Waals surface area contributed by atoms with Crippen molar-refractivity contribution in [3.05, 3.63) is 0 Å². The molecule has 2 nitrogen and oxygen atoms in total. The van der Waals surface area contributed by atoms with Gasteiger partial charge in [0.2, 0.25) is 0 Å². The van der Waals surface area contributed by atoms with Crippen molar-refractivity contribution in [2.45, 2.75) is 6.18 Å². The third-order valence-corrected chi connectivity index (χ3v) is 0.534. The summed E-state index contributed by atoms with van der Waals surface area (Å²) in [6.45, 7) is -2.37. The van der Waals surface area contributed by atoms with Crippen molar-refractivity contribution >= 4 is 0 Å². The Balaban J connectivity index is 3.04. The van der Waals surface area contributed by atoms with Crippen LogP contribution in [0, 0.1) is 0 Å². The summed E-state index contributed by atoms with van der Waals surface area (Å²) in [5, 5.41) is 0. The van der Waals surface area contributed by atoms with Gasteiger partial charge in [-0.15, -0.1) is 0 Å². The van der Waals surface area contributed by atoms with Crippen LogP contribution in [0.15, 0.2) is 0 Å². The molecule has 0 saturated heterocycles. The van der Waals surface area contributed by atoms with E-state index >= 15 is 0 Å². The molecule has 0 aromatic heterocycles. The fourth-order valence-electron chi connectivity index (χ4n) is 0.244. The zero-order valence-corrected chi connectivity index (χ0v) is 5.04. The van der Waals surface area contributed by atoms with Gasteiger partial charge in [-0.05, 0) is 0 Å². The average molecular weight is 161 g/mol. The predicted octanol–water partition coefficient (Wildman–Crippen LogP) is 1.04. The van der Waals surface area contributed by atoms with Crippen LogP contribution in [-0.2, 0) is 4.84 Å². The molecule has 0 aliphatic carbocycles. The predicted molar refractivity (Wildman–Crippen MR) is 26.0 cm³/mol. The molecule has 0 aliphatic heterocycles. The third kappa shape index (κ3) is 7.64. The first kappa shape index (κ1) is 9.64. The molecule has 10 heavy (non-hydrogen) atoms. The third-order valence-electron chi connectivity index (χ3n) is 0.534. The highest BCUT2D eigenvalue weighted by molar-refractivity contribution is 4.43. The summed E-state index contributed by atoms with van der Waals surface area (Å²) < 4.78 is 44.9. The number of rotatable bonds is 4. The minimum Gasteiger partial charge on any atom is -0.292 e. The van der Waals surface area contributed by atoms with Crippen LogP contribution in [0.3, 0.4) is 0 Å². The Morgan fingerprint density at radius 1 is 1.30 bits per heavy atom. The van der Waals surface area contributed by atoms with Crippen LogP contribution in [0.5, 0.6) is 0 Å². The van der Waals surface area contributed by atoms with Gasteiger partial charge < -0.3 is 0 Å². The lowest BCUT2D eigenvalue weighted by molar-refractivity contribution is -0.189. The van der Waals surface area contributed by atoms with Crippen molar-refractivity contribution in [2.75, 3.05) is 19.8 Å². The monoisotopic (exact) mass is 161 g/mol. The number of halogens is 4. The number of hydrogen-bond donors (Lipinski definition) is 1. The van der Waals surface area contributed by atoms with Gasteiger partial charge in [-0.2, -0.15) is 18.7 Å². The van der Waals surface area contributed by atoms with E-state index in [-0.39, 0.29) is 6.54 Å². The van der Waals surface area contributed by atoms with Gasteiger partial charge in [0.15, 0.2) is 6.61 Å². The standard InChI is InChI=1S/C4H7F4NO/c5-1-2-9-10-3-4(6,7)8/h9H,1-3H2. The molecule has 0 unspecified atom stereocenters. The van der Waals surface area contributed by atoms with E-state index in [0.717, 1.165) is 0 Å². The van der Waals surface area contributed by atoms with Gasteiger partial charge in [-0.3, -0.25) is 4.84 Å². The van der Waals surface area contributed by atoms with Crippen molar-refractivity contribution in [2.24, 2.45) is 0 Å². The molecule has 0 atom stereocenters. The highest BCUT2D eigenvalue weighted by Crippen LogP contribution is 2.13. The molecule has 0 aromatic carbocycles. The summed E-state index contributed by atoms with van der Waals surface area (Å²) in [5.74, 6) is 0. The first-order chi connectivity index (χ1) is 4.56. The molecule has 0 fully saturated rings. The van der Waals surface area contributed by atoms with Crippen LogP contribution in [0.1, 0.15) is 0 Å². The summed E-state index contributed by atoms with van der Waals surface area (Å²) in [6, 6.07) is 0. The minimum atomic E-state index is -4.36. The largest absolute Gasteiger partial charge is 0.413 e. The Bertz CT molecular complexity index is 83.8. The first-order valence-electron chi connectivity index (χ1n) is 2.53. The molecule has 0 radical (unpaired) electrons. The van der Waals surface area contributed by atoms with Crippen LogP contribution in [0.25, 0.3) is 0 Å². The van der Waals surface area contributed by atoms with Gasteiger partial charge in [-0.1, -0.05) is 0 Å². The van der Waals surface area contributed by atoms with E-state index in [1.54, 1.807) is 5.48 Å². The van der Waals surface area contributed by atoms with Crippen LogP contribution in [0.4, 0.5) is 17.6 Å². The highest BCUT2D eigenvalue weighted by atomic mass is 19.4. The maximum absolute atomic E-state index is 11.2. The second-order valence-electron chi connectivity index (χ2n) is 1.49. The fraction of sp³-hybridized carbons (Fsp3) is 1.00. The molecule has 6 heteroatoms. The SMILES string of the molecule is FCCNOCC(F)(F)F. The van der Waals surface area contributed by atoms with E-state index in [0.29, 0.717) is 0 Å². The normalized spacial score (nSPS) is 12.0.